The summed E-state index contributed by atoms with van der Waals surface area (Å²) in [5.74, 6) is -9.30. The van der Waals surface area contributed by atoms with Gasteiger partial charge in [-0.2, -0.15) is 0 Å². The van der Waals surface area contributed by atoms with Gasteiger partial charge in [-0.25, -0.2) is 9.59 Å². The Morgan fingerprint density at radius 1 is 0.717 bits per heavy atom. The van der Waals surface area contributed by atoms with Crippen molar-refractivity contribution in [2.24, 2.45) is 0 Å². The first kappa shape index (κ1) is 36.2. The Balaban J connectivity index is 1.26. The van der Waals surface area contributed by atoms with E-state index in [1.54, 1.807) is 12.1 Å². The maximum absolute atomic E-state index is 13.0. The molecule has 6 atom stereocenters. The highest BCUT2D eigenvalue weighted by molar-refractivity contribution is 6.02. The Bertz CT molecular complexity index is 2030. The summed E-state index contributed by atoms with van der Waals surface area (Å²) in [6.45, 7) is -0.865. The molecule has 53 heavy (non-hydrogen) atoms. The Morgan fingerprint density at radius 3 is 1.87 bits per heavy atom. The number of aliphatic hydroxyl groups excluding tert-OH is 2. The molecule has 6 rings (SSSR count). The minimum atomic E-state index is -2.06. The van der Waals surface area contributed by atoms with E-state index < -0.39 is 113 Å². The van der Waals surface area contributed by atoms with Gasteiger partial charge in [0.15, 0.2) is 46.4 Å². The number of esters is 2. The fourth-order valence-electron chi connectivity index (χ4n) is 5.65. The van der Waals surface area contributed by atoms with E-state index in [-0.39, 0.29) is 29.2 Å². The number of ether oxygens (including phenoxy) is 5. The fraction of sp³-hybridized carbons (Fsp3) is 0.229. The van der Waals surface area contributed by atoms with Crippen molar-refractivity contribution >= 4 is 17.7 Å². The minimum absolute atomic E-state index is 0.0131. The van der Waals surface area contributed by atoms with E-state index in [4.69, 9.17) is 23.7 Å². The molecule has 3 unspecified atom stereocenters. The summed E-state index contributed by atoms with van der Waals surface area (Å²) in [6, 6.07) is 11.1. The molecule has 0 amide bonds. The molecule has 18 heteroatoms. The number of Topliss-reactive ketones (excluding diaryl/α,β-unsaturated/α-hetero) is 1. The number of phenolic OH excluding ortho intramolecular Hbond substituents is 8. The first-order chi connectivity index (χ1) is 25.1. The van der Waals surface area contributed by atoms with Gasteiger partial charge in [0.05, 0.1) is 17.5 Å². The van der Waals surface area contributed by atoms with Crippen LogP contribution in [0.15, 0.2) is 60.7 Å². The van der Waals surface area contributed by atoms with Crippen molar-refractivity contribution in [2.45, 2.75) is 43.2 Å². The second kappa shape index (κ2) is 14.2. The van der Waals surface area contributed by atoms with Gasteiger partial charge in [0.2, 0.25) is 6.29 Å². The third-order valence-corrected chi connectivity index (χ3v) is 8.36. The van der Waals surface area contributed by atoms with Crippen LogP contribution in [-0.4, -0.2) is 106 Å². The first-order valence-electron chi connectivity index (χ1n) is 15.5. The lowest BCUT2D eigenvalue weighted by Crippen LogP contribution is -2.61. The summed E-state index contributed by atoms with van der Waals surface area (Å²) in [6.07, 6.45) is -10.4. The second-order valence-corrected chi connectivity index (χ2v) is 12.0. The molecule has 2 heterocycles. The monoisotopic (exact) mass is 738 g/mol. The molecule has 18 nitrogen and oxygen atoms in total. The van der Waals surface area contributed by atoms with Crippen LogP contribution in [0.1, 0.15) is 49.2 Å². The third-order valence-electron chi connectivity index (χ3n) is 8.36. The summed E-state index contributed by atoms with van der Waals surface area (Å²) < 4.78 is 28.0. The van der Waals surface area contributed by atoms with Crippen molar-refractivity contribution in [3.8, 4) is 57.5 Å². The molecular weight excluding hydrogens is 708 g/mol. The smallest absolute Gasteiger partial charge is 0.338 e. The summed E-state index contributed by atoms with van der Waals surface area (Å²) >= 11 is 0. The Hall–Kier alpha value is -6.63. The lowest BCUT2D eigenvalue weighted by Gasteiger charge is -2.41. The van der Waals surface area contributed by atoms with E-state index in [2.05, 4.69) is 0 Å². The van der Waals surface area contributed by atoms with Crippen molar-refractivity contribution in [3.63, 3.8) is 0 Å². The first-order valence-corrected chi connectivity index (χ1v) is 15.5. The molecule has 278 valence electrons. The average Bonchev–Trinajstić information content (AvgIpc) is 3.11. The molecule has 4 aromatic rings. The molecule has 1 saturated heterocycles. The lowest BCUT2D eigenvalue weighted by molar-refractivity contribution is -0.276. The lowest BCUT2D eigenvalue weighted by atomic mass is 9.95. The SMILES string of the molecule is O=C(OCC1O[C@@H](Oc2cc(O)c3c(c2)OC(c2ccc(O)cc2)CC3=O)C(O)[C@@H](O)[C@@H]1OC(=O)c1cc(O)c(O)c(O)c1)c1cc(O)c(O)c(O)c1. The van der Waals surface area contributed by atoms with Crippen LogP contribution in [0, 0.1) is 0 Å². The highest BCUT2D eigenvalue weighted by Crippen LogP contribution is 2.43. The highest BCUT2D eigenvalue weighted by atomic mass is 16.7. The van der Waals surface area contributed by atoms with E-state index in [9.17, 15) is 65.4 Å². The summed E-state index contributed by atoms with van der Waals surface area (Å²) in [5, 5.41) is 101. The number of ketones is 1. The van der Waals surface area contributed by atoms with E-state index in [1.165, 1.54) is 18.2 Å². The number of fused-ring (bicyclic) bond motifs is 1. The van der Waals surface area contributed by atoms with Crippen LogP contribution in [0.3, 0.4) is 0 Å². The average molecular weight is 739 g/mol. The van der Waals surface area contributed by atoms with Crippen LogP contribution >= 0.6 is 0 Å². The van der Waals surface area contributed by atoms with E-state index >= 15 is 0 Å². The van der Waals surface area contributed by atoms with Gasteiger partial charge < -0.3 is 74.7 Å². The van der Waals surface area contributed by atoms with Gasteiger partial charge >= 0.3 is 11.9 Å². The molecule has 1 fully saturated rings. The van der Waals surface area contributed by atoms with Crippen molar-refractivity contribution < 1.29 is 89.1 Å². The normalized spacial score (nSPS) is 22.3. The molecular formula is C35H30O18. The van der Waals surface area contributed by atoms with Gasteiger partial charge in [0, 0.05) is 12.1 Å². The molecule has 2 aliphatic heterocycles. The fourth-order valence-corrected chi connectivity index (χ4v) is 5.65. The van der Waals surface area contributed by atoms with E-state index in [0.717, 1.165) is 30.3 Å². The Morgan fingerprint density at radius 2 is 1.28 bits per heavy atom. The maximum Gasteiger partial charge on any atom is 0.338 e. The van der Waals surface area contributed by atoms with Crippen molar-refractivity contribution in [1.82, 2.24) is 0 Å². The number of rotatable bonds is 8. The van der Waals surface area contributed by atoms with Crippen LogP contribution in [0.4, 0.5) is 0 Å². The number of aromatic hydroxyl groups is 8. The minimum Gasteiger partial charge on any atom is -0.508 e. The standard InChI is InChI=1S/C35H30O18/c36-16-3-1-13(2-4-16)24-11-19(38)27-18(37)9-17(10-25(27)51-24)50-35-31(46)30(45)32(53-34(48)15-7-22(41)29(44)23(42)8-15)26(52-35)12-49-33(47)14-5-20(39)28(43)21(40)6-14/h1-10,24,26,30-32,35-37,39-46H,11-12H2/t24?,26?,30-,31?,32-,35-/m1/s1. The zero-order valence-corrected chi connectivity index (χ0v) is 26.9. The summed E-state index contributed by atoms with van der Waals surface area (Å²) in [5.41, 5.74) is -0.592. The number of aliphatic hydroxyl groups is 2. The topological polar surface area (TPSA) is 300 Å². The van der Waals surface area contributed by atoms with Crippen molar-refractivity contribution in [1.29, 1.82) is 0 Å². The molecule has 0 aliphatic carbocycles. The highest BCUT2D eigenvalue weighted by Gasteiger charge is 2.49. The molecule has 0 radical (unpaired) electrons. The largest absolute Gasteiger partial charge is 0.508 e. The predicted molar refractivity (Wildman–Crippen MR) is 172 cm³/mol. The third kappa shape index (κ3) is 7.27. The van der Waals surface area contributed by atoms with Crippen molar-refractivity contribution in [3.05, 3.63) is 82.9 Å². The second-order valence-electron chi connectivity index (χ2n) is 12.0. The van der Waals surface area contributed by atoms with Crippen LogP contribution in [0.25, 0.3) is 0 Å². The van der Waals surface area contributed by atoms with Gasteiger partial charge in [0.25, 0.3) is 0 Å². The number of benzene rings is 4. The molecule has 2 aliphatic rings. The predicted octanol–water partition coefficient (Wildman–Crippen LogP) is 1.95. The van der Waals surface area contributed by atoms with Crippen LogP contribution in [-0.2, 0) is 14.2 Å². The van der Waals surface area contributed by atoms with Gasteiger partial charge in [0.1, 0.15) is 59.6 Å². The molecule has 0 aromatic heterocycles. The van der Waals surface area contributed by atoms with Crippen LogP contribution in [0.2, 0.25) is 0 Å². The van der Waals surface area contributed by atoms with Gasteiger partial charge in [-0.05, 0) is 42.0 Å². The number of carbonyl (C=O) groups excluding carboxylic acids is 3. The Kier molecular flexibility index (Phi) is 9.68. The molecule has 10 N–H and O–H groups in total. The van der Waals surface area contributed by atoms with Crippen molar-refractivity contribution in [2.75, 3.05) is 6.61 Å². The van der Waals surface area contributed by atoms with Crippen LogP contribution < -0.4 is 9.47 Å². The molecule has 4 aromatic carbocycles. The zero-order valence-electron chi connectivity index (χ0n) is 26.9. The number of carbonyl (C=O) groups is 3. The maximum atomic E-state index is 13.0. The van der Waals surface area contributed by atoms with E-state index in [0.29, 0.717) is 5.56 Å². The van der Waals surface area contributed by atoms with Gasteiger partial charge in [-0.1, -0.05) is 12.1 Å². The van der Waals surface area contributed by atoms with E-state index in [1.807, 2.05) is 0 Å². The number of hydrogen-bond acceptors (Lipinski definition) is 18. The molecule has 0 saturated carbocycles. The molecule has 0 spiro atoms. The van der Waals surface area contributed by atoms with Crippen LogP contribution in [0.5, 0.6) is 57.5 Å². The quantitative estimate of drug-likeness (QED) is 0.0912. The number of phenols is 8. The Labute approximate surface area is 297 Å². The van der Waals surface area contributed by atoms with Gasteiger partial charge in [-0.3, -0.25) is 4.79 Å². The zero-order chi connectivity index (χ0) is 38.3. The molecule has 0 bridgehead atoms. The number of hydrogen-bond donors (Lipinski definition) is 10. The summed E-state index contributed by atoms with van der Waals surface area (Å²) in [4.78, 5) is 38.8. The summed E-state index contributed by atoms with van der Waals surface area (Å²) in [7, 11) is 0. The van der Waals surface area contributed by atoms with Gasteiger partial charge in [-0.15, -0.1) is 0 Å².